The Labute approximate surface area is 162 Å². The van der Waals surface area contributed by atoms with Crippen molar-refractivity contribution in [2.75, 3.05) is 47.0 Å². The number of aliphatic imine (C=N–C) groups is 1. The number of likely N-dealkylation sites (tertiary alicyclic amines) is 1. The van der Waals surface area contributed by atoms with Gasteiger partial charge >= 0.3 is 0 Å². The van der Waals surface area contributed by atoms with Gasteiger partial charge in [-0.05, 0) is 44.4 Å². The first-order valence-electron chi connectivity index (χ1n) is 9.78. The van der Waals surface area contributed by atoms with Crippen molar-refractivity contribution in [2.24, 2.45) is 4.99 Å². The number of nitrogens with zero attached hydrogens (tertiary/aromatic N) is 2. The van der Waals surface area contributed by atoms with Gasteiger partial charge < -0.3 is 30.1 Å². The lowest BCUT2D eigenvalue weighted by atomic mass is 10.1. The fourth-order valence-corrected chi connectivity index (χ4v) is 3.23. The minimum absolute atomic E-state index is 0.236. The van der Waals surface area contributed by atoms with Crippen LogP contribution in [0.25, 0.3) is 0 Å². The smallest absolute Gasteiger partial charge is 0.191 e. The van der Waals surface area contributed by atoms with Crippen molar-refractivity contribution in [3.05, 3.63) is 23.8 Å². The van der Waals surface area contributed by atoms with Crippen LogP contribution >= 0.6 is 0 Å². The molecule has 152 valence electrons. The summed E-state index contributed by atoms with van der Waals surface area (Å²) in [5.41, 5.74) is 0.750. The molecule has 1 aromatic carbocycles. The van der Waals surface area contributed by atoms with Gasteiger partial charge in [0.1, 0.15) is 11.5 Å². The van der Waals surface area contributed by atoms with Crippen LogP contribution in [-0.2, 0) is 11.3 Å². The number of phenolic OH excluding ortho intramolecular Hbond substituents is 1. The van der Waals surface area contributed by atoms with E-state index in [4.69, 9.17) is 9.47 Å². The molecule has 0 aromatic heterocycles. The Morgan fingerprint density at radius 2 is 2.07 bits per heavy atom. The number of ether oxygens (including phenoxy) is 2. The third-order valence-corrected chi connectivity index (χ3v) is 4.79. The summed E-state index contributed by atoms with van der Waals surface area (Å²) in [4.78, 5) is 7.14. The largest absolute Gasteiger partial charge is 0.508 e. The zero-order valence-electron chi connectivity index (χ0n) is 16.8. The first kappa shape index (κ1) is 21.3. The minimum atomic E-state index is 0.236. The molecule has 0 spiro atoms. The summed E-state index contributed by atoms with van der Waals surface area (Å²) in [5.74, 6) is 1.74. The van der Waals surface area contributed by atoms with Gasteiger partial charge in [-0.25, -0.2) is 4.99 Å². The Balaban J connectivity index is 1.87. The second-order valence-corrected chi connectivity index (χ2v) is 6.80. The summed E-state index contributed by atoms with van der Waals surface area (Å²) in [6, 6.07) is 5.62. The van der Waals surface area contributed by atoms with Crippen LogP contribution in [0.3, 0.4) is 0 Å². The molecule has 0 saturated carbocycles. The lowest BCUT2D eigenvalue weighted by Gasteiger charge is -2.33. The monoisotopic (exact) mass is 378 g/mol. The van der Waals surface area contributed by atoms with Crippen molar-refractivity contribution >= 4 is 5.96 Å². The van der Waals surface area contributed by atoms with E-state index in [0.717, 1.165) is 69.3 Å². The van der Waals surface area contributed by atoms with E-state index in [2.05, 4.69) is 27.4 Å². The molecule has 1 aromatic rings. The second kappa shape index (κ2) is 11.7. The van der Waals surface area contributed by atoms with Crippen molar-refractivity contribution < 1.29 is 14.6 Å². The zero-order valence-corrected chi connectivity index (χ0v) is 16.8. The molecule has 0 radical (unpaired) electrons. The Kier molecular flexibility index (Phi) is 9.21. The maximum atomic E-state index is 10.0. The zero-order chi connectivity index (χ0) is 19.5. The van der Waals surface area contributed by atoms with Gasteiger partial charge in [-0.3, -0.25) is 0 Å². The van der Waals surface area contributed by atoms with E-state index in [0.29, 0.717) is 12.6 Å². The molecule has 0 unspecified atom stereocenters. The molecule has 1 aliphatic heterocycles. The van der Waals surface area contributed by atoms with Crippen LogP contribution in [0.15, 0.2) is 23.2 Å². The molecule has 2 rings (SSSR count). The highest BCUT2D eigenvalue weighted by Gasteiger charge is 2.19. The number of piperidine rings is 1. The molecule has 1 saturated heterocycles. The molecular weight excluding hydrogens is 344 g/mol. The number of aromatic hydroxyl groups is 1. The quantitative estimate of drug-likeness (QED) is 0.346. The average Bonchev–Trinajstić information content (AvgIpc) is 2.69. The molecule has 7 nitrogen and oxygen atoms in total. The van der Waals surface area contributed by atoms with E-state index in [1.54, 1.807) is 26.4 Å². The number of hydrogen-bond donors (Lipinski definition) is 3. The van der Waals surface area contributed by atoms with Crippen LogP contribution in [0.1, 0.15) is 31.7 Å². The summed E-state index contributed by atoms with van der Waals surface area (Å²) < 4.78 is 10.4. The van der Waals surface area contributed by atoms with Gasteiger partial charge in [0.15, 0.2) is 5.96 Å². The Morgan fingerprint density at radius 3 is 2.74 bits per heavy atom. The maximum Gasteiger partial charge on any atom is 0.191 e. The highest BCUT2D eigenvalue weighted by Crippen LogP contribution is 2.23. The summed E-state index contributed by atoms with van der Waals surface area (Å²) in [6.45, 7) is 7.36. The first-order chi connectivity index (χ1) is 13.2. The molecular formula is C20H34N4O3. The fraction of sp³-hybridized carbons (Fsp3) is 0.650. The molecule has 1 aliphatic rings. The predicted molar refractivity (Wildman–Crippen MR) is 109 cm³/mol. The van der Waals surface area contributed by atoms with Gasteiger partial charge in [0.05, 0.1) is 13.7 Å². The second-order valence-electron chi connectivity index (χ2n) is 6.80. The van der Waals surface area contributed by atoms with Gasteiger partial charge in [0.25, 0.3) is 0 Å². The predicted octanol–water partition coefficient (Wildman–Crippen LogP) is 1.96. The molecule has 1 heterocycles. The van der Waals surface area contributed by atoms with Gasteiger partial charge in [-0.1, -0.05) is 0 Å². The Hall–Kier alpha value is -1.99. The van der Waals surface area contributed by atoms with Crippen molar-refractivity contribution in [1.82, 2.24) is 15.5 Å². The minimum Gasteiger partial charge on any atom is -0.508 e. The van der Waals surface area contributed by atoms with Gasteiger partial charge in [0.2, 0.25) is 0 Å². The number of guanidine groups is 1. The van der Waals surface area contributed by atoms with E-state index in [-0.39, 0.29) is 5.75 Å². The fourth-order valence-electron chi connectivity index (χ4n) is 3.23. The third-order valence-electron chi connectivity index (χ3n) is 4.79. The van der Waals surface area contributed by atoms with E-state index in [1.807, 2.05) is 6.07 Å². The van der Waals surface area contributed by atoms with E-state index < -0.39 is 0 Å². The standard InChI is InChI=1S/C20H34N4O3/c1-4-21-20(22-15-16-14-18(27-3)6-7-19(16)25)23-17-8-11-24(12-9-17)10-5-13-26-2/h6-7,14,17,25H,4-5,8-13,15H2,1-3H3,(H2,21,22,23). The average molecular weight is 379 g/mol. The van der Waals surface area contributed by atoms with Crippen molar-refractivity contribution in [3.8, 4) is 11.5 Å². The number of rotatable bonds is 9. The maximum absolute atomic E-state index is 10.0. The van der Waals surface area contributed by atoms with Crippen LogP contribution in [0, 0.1) is 0 Å². The number of nitrogens with one attached hydrogen (secondary N) is 2. The van der Waals surface area contributed by atoms with E-state index in [9.17, 15) is 5.11 Å². The summed E-state index contributed by atoms with van der Waals surface area (Å²) in [6.07, 6.45) is 3.28. The SMILES string of the molecule is CCNC(=NCc1cc(OC)ccc1O)NC1CCN(CCCOC)CC1. The Bertz CT molecular complexity index is 587. The summed E-state index contributed by atoms with van der Waals surface area (Å²) in [5, 5.41) is 16.9. The molecule has 1 fully saturated rings. The molecule has 27 heavy (non-hydrogen) atoms. The Morgan fingerprint density at radius 1 is 1.30 bits per heavy atom. The molecule has 3 N–H and O–H groups in total. The topological polar surface area (TPSA) is 78.4 Å². The highest BCUT2D eigenvalue weighted by molar-refractivity contribution is 5.80. The normalized spacial score (nSPS) is 16.3. The molecule has 0 bridgehead atoms. The molecule has 0 amide bonds. The van der Waals surface area contributed by atoms with E-state index >= 15 is 0 Å². The van der Waals surface area contributed by atoms with Crippen molar-refractivity contribution in [1.29, 1.82) is 0 Å². The molecule has 0 atom stereocenters. The van der Waals surface area contributed by atoms with Gasteiger partial charge in [-0.2, -0.15) is 0 Å². The molecule has 7 heteroatoms. The van der Waals surface area contributed by atoms with Crippen molar-refractivity contribution in [2.45, 2.75) is 38.8 Å². The number of phenols is 1. The summed E-state index contributed by atoms with van der Waals surface area (Å²) >= 11 is 0. The lowest BCUT2D eigenvalue weighted by Crippen LogP contribution is -2.48. The molecule has 0 aliphatic carbocycles. The third kappa shape index (κ3) is 7.27. The highest BCUT2D eigenvalue weighted by atomic mass is 16.5. The van der Waals surface area contributed by atoms with Crippen LogP contribution < -0.4 is 15.4 Å². The number of methoxy groups -OCH3 is 2. The van der Waals surface area contributed by atoms with Gasteiger partial charge in [0, 0.05) is 51.5 Å². The van der Waals surface area contributed by atoms with Crippen LogP contribution in [-0.4, -0.2) is 69.0 Å². The van der Waals surface area contributed by atoms with Crippen LogP contribution in [0.2, 0.25) is 0 Å². The van der Waals surface area contributed by atoms with Crippen LogP contribution in [0.5, 0.6) is 11.5 Å². The summed E-state index contributed by atoms with van der Waals surface area (Å²) in [7, 11) is 3.37. The number of hydrogen-bond acceptors (Lipinski definition) is 5. The van der Waals surface area contributed by atoms with E-state index in [1.165, 1.54) is 0 Å². The lowest BCUT2D eigenvalue weighted by molar-refractivity contribution is 0.155. The van der Waals surface area contributed by atoms with Gasteiger partial charge in [-0.15, -0.1) is 0 Å². The number of benzene rings is 1. The van der Waals surface area contributed by atoms with Crippen LogP contribution in [0.4, 0.5) is 0 Å². The first-order valence-corrected chi connectivity index (χ1v) is 9.78. The van der Waals surface area contributed by atoms with Crippen molar-refractivity contribution in [3.63, 3.8) is 0 Å².